The number of likely N-dealkylation sites (tertiary alicyclic amines) is 2. The van der Waals surface area contributed by atoms with Crippen molar-refractivity contribution in [2.24, 2.45) is 5.92 Å². The van der Waals surface area contributed by atoms with E-state index in [2.05, 4.69) is 10.3 Å². The number of nitrogens with one attached hydrogen (secondary N) is 1. The molecule has 2 unspecified atom stereocenters. The Bertz CT molecular complexity index is 778. The topological polar surface area (TPSA) is 74.8 Å². The third kappa shape index (κ3) is 4.69. The minimum absolute atomic E-state index is 0.0284. The molecule has 0 bridgehead atoms. The first-order valence-electron chi connectivity index (χ1n) is 10.3. The Morgan fingerprint density at radius 3 is 2.57 bits per heavy atom. The molecule has 1 N–H and O–H groups in total. The molecule has 1 aromatic rings. The van der Waals surface area contributed by atoms with Gasteiger partial charge in [-0.3, -0.25) is 9.78 Å². The average Bonchev–Trinajstić information content (AvgIpc) is 2.73. The zero-order valence-corrected chi connectivity index (χ0v) is 16.5. The Kier molecular flexibility index (Phi) is 5.86. The molecule has 0 aromatic carbocycles. The van der Waals surface area contributed by atoms with Gasteiger partial charge in [-0.05, 0) is 43.7 Å². The van der Waals surface area contributed by atoms with Crippen LogP contribution in [-0.4, -0.2) is 71.7 Å². The van der Waals surface area contributed by atoms with Gasteiger partial charge in [0.05, 0.1) is 17.7 Å². The number of carbonyl (C=O) groups excluding carboxylic acids is 2. The Hall–Kier alpha value is -2.36. The summed E-state index contributed by atoms with van der Waals surface area (Å²) in [5, 5.41) is 2.90. The van der Waals surface area contributed by atoms with Crippen LogP contribution in [0.3, 0.4) is 0 Å². The van der Waals surface area contributed by atoms with E-state index in [0.717, 1.165) is 25.1 Å². The highest BCUT2D eigenvalue weighted by molar-refractivity contribution is 5.79. The number of hydrogen-bond donors (Lipinski definition) is 1. The molecule has 3 fully saturated rings. The quantitative estimate of drug-likeness (QED) is 0.786. The Morgan fingerprint density at radius 1 is 1.17 bits per heavy atom. The number of ether oxygens (including phenoxy) is 1. The van der Waals surface area contributed by atoms with Crippen LogP contribution in [0.15, 0.2) is 18.3 Å². The van der Waals surface area contributed by atoms with Crippen molar-refractivity contribution in [3.8, 4) is 0 Å². The van der Waals surface area contributed by atoms with Crippen molar-refractivity contribution < 1.29 is 27.5 Å². The number of morpholine rings is 1. The summed E-state index contributed by atoms with van der Waals surface area (Å²) in [5.74, 6) is 0.137. The van der Waals surface area contributed by atoms with Crippen LogP contribution in [0.2, 0.25) is 0 Å². The van der Waals surface area contributed by atoms with E-state index in [4.69, 9.17) is 4.74 Å². The van der Waals surface area contributed by atoms with Crippen LogP contribution in [0, 0.1) is 5.92 Å². The molecule has 3 saturated heterocycles. The van der Waals surface area contributed by atoms with Gasteiger partial charge in [0.2, 0.25) is 5.91 Å². The molecule has 3 aliphatic rings. The maximum Gasteiger partial charge on any atom is 0.417 e. The molecule has 0 saturated carbocycles. The van der Waals surface area contributed by atoms with Crippen LogP contribution in [0.4, 0.5) is 18.0 Å². The highest BCUT2D eigenvalue weighted by atomic mass is 19.4. The molecule has 4 heterocycles. The maximum absolute atomic E-state index is 12.9. The molecule has 0 aliphatic carbocycles. The predicted octanol–water partition coefficient (Wildman–Crippen LogP) is 2.06. The Morgan fingerprint density at radius 2 is 1.90 bits per heavy atom. The molecule has 4 rings (SSSR count). The monoisotopic (exact) mass is 426 g/mol. The molecule has 10 heteroatoms. The van der Waals surface area contributed by atoms with E-state index in [1.165, 1.54) is 6.07 Å². The van der Waals surface area contributed by atoms with E-state index < -0.39 is 11.7 Å². The number of piperidine rings is 2. The van der Waals surface area contributed by atoms with Gasteiger partial charge >= 0.3 is 12.2 Å². The third-order valence-electron chi connectivity index (χ3n) is 6.13. The first-order valence-corrected chi connectivity index (χ1v) is 10.3. The van der Waals surface area contributed by atoms with Crippen molar-refractivity contribution in [3.63, 3.8) is 0 Å². The molecule has 0 spiro atoms. The molecule has 2 atom stereocenters. The van der Waals surface area contributed by atoms with E-state index >= 15 is 0 Å². The predicted molar refractivity (Wildman–Crippen MR) is 100 cm³/mol. The number of rotatable bonds is 2. The second kappa shape index (κ2) is 8.41. The van der Waals surface area contributed by atoms with Gasteiger partial charge in [0.1, 0.15) is 6.61 Å². The van der Waals surface area contributed by atoms with Crippen molar-refractivity contribution in [1.29, 1.82) is 0 Å². The molecular formula is C20H25F3N4O3. The molecule has 7 nitrogen and oxygen atoms in total. The number of nitrogens with zero attached hydrogens (tertiary/aromatic N) is 3. The lowest BCUT2D eigenvalue weighted by molar-refractivity contribution is -0.140. The van der Waals surface area contributed by atoms with E-state index in [1.807, 2.05) is 4.90 Å². The van der Waals surface area contributed by atoms with Crippen LogP contribution in [0.25, 0.3) is 0 Å². The van der Waals surface area contributed by atoms with Gasteiger partial charge in [0, 0.05) is 38.1 Å². The summed E-state index contributed by atoms with van der Waals surface area (Å²) in [5.41, 5.74) is -0.0992. The summed E-state index contributed by atoms with van der Waals surface area (Å²) in [7, 11) is 0. The standard InChI is InChI=1S/C20H25F3N4O3/c21-20(22,23)14-1-2-15(24-10-14)9-13-3-6-26(7-4-13)19(29)27-8-5-17-16(11-27)25-18(28)12-30-17/h1-2,10,13,16-17H,3-9,11-12H2,(H,25,28). The number of carbonyl (C=O) groups is 2. The first kappa shape index (κ1) is 20.9. The lowest BCUT2D eigenvalue weighted by atomic mass is 9.92. The van der Waals surface area contributed by atoms with Crippen LogP contribution in [0.5, 0.6) is 0 Å². The molecule has 3 amide bonds. The number of fused-ring (bicyclic) bond motifs is 1. The van der Waals surface area contributed by atoms with Gasteiger partial charge in [0.25, 0.3) is 0 Å². The lowest BCUT2D eigenvalue weighted by Gasteiger charge is -2.43. The van der Waals surface area contributed by atoms with Crippen LogP contribution in [-0.2, 0) is 22.1 Å². The number of halogens is 3. The maximum atomic E-state index is 12.9. The normalized spacial score (nSPS) is 25.6. The van der Waals surface area contributed by atoms with E-state index in [9.17, 15) is 22.8 Å². The number of pyridine rings is 1. The van der Waals surface area contributed by atoms with E-state index in [1.54, 1.807) is 4.90 Å². The van der Waals surface area contributed by atoms with Gasteiger partial charge in [-0.2, -0.15) is 13.2 Å². The van der Waals surface area contributed by atoms with E-state index in [0.29, 0.717) is 44.7 Å². The molecule has 30 heavy (non-hydrogen) atoms. The molecular weight excluding hydrogens is 401 g/mol. The van der Waals surface area contributed by atoms with Gasteiger partial charge in [-0.25, -0.2) is 4.79 Å². The van der Waals surface area contributed by atoms with Gasteiger partial charge in [-0.1, -0.05) is 0 Å². The number of aromatic nitrogens is 1. The zero-order valence-electron chi connectivity index (χ0n) is 16.5. The summed E-state index contributed by atoms with van der Waals surface area (Å²) in [6.07, 6.45) is -0.649. The minimum Gasteiger partial charge on any atom is -0.366 e. The summed E-state index contributed by atoms with van der Waals surface area (Å²) in [4.78, 5) is 32.0. The molecule has 1 aromatic heterocycles. The zero-order chi connectivity index (χ0) is 21.3. The van der Waals surface area contributed by atoms with Crippen LogP contribution < -0.4 is 5.32 Å². The Labute approximate surface area is 172 Å². The number of hydrogen-bond acceptors (Lipinski definition) is 4. The number of amides is 3. The number of urea groups is 1. The van der Waals surface area contributed by atoms with Crippen LogP contribution >= 0.6 is 0 Å². The molecule has 3 aliphatic heterocycles. The fourth-order valence-corrected chi connectivity index (χ4v) is 4.41. The third-order valence-corrected chi connectivity index (χ3v) is 6.13. The Balaban J connectivity index is 1.26. The summed E-state index contributed by atoms with van der Waals surface area (Å²) < 4.78 is 43.5. The highest BCUT2D eigenvalue weighted by Crippen LogP contribution is 2.29. The summed E-state index contributed by atoms with van der Waals surface area (Å²) >= 11 is 0. The van der Waals surface area contributed by atoms with Crippen molar-refractivity contribution >= 4 is 11.9 Å². The lowest BCUT2D eigenvalue weighted by Crippen LogP contribution is -2.62. The fourth-order valence-electron chi connectivity index (χ4n) is 4.41. The smallest absolute Gasteiger partial charge is 0.366 e. The average molecular weight is 426 g/mol. The van der Waals surface area contributed by atoms with Crippen LogP contribution in [0.1, 0.15) is 30.5 Å². The summed E-state index contributed by atoms with van der Waals surface area (Å²) in [6.45, 7) is 2.35. The van der Waals surface area contributed by atoms with Crippen molar-refractivity contribution in [2.45, 2.75) is 44.0 Å². The SMILES string of the molecule is O=C1COC2CCN(C(=O)N3CCC(Cc4ccc(C(F)(F)F)cn4)CC3)CC2N1. The fraction of sp³-hybridized carbons (Fsp3) is 0.650. The summed E-state index contributed by atoms with van der Waals surface area (Å²) in [6, 6.07) is 2.32. The van der Waals surface area contributed by atoms with Gasteiger partial charge < -0.3 is 19.9 Å². The second-order valence-electron chi connectivity index (χ2n) is 8.21. The second-order valence-corrected chi connectivity index (χ2v) is 8.21. The number of alkyl halides is 3. The van der Waals surface area contributed by atoms with Gasteiger partial charge in [0.15, 0.2) is 0 Å². The highest BCUT2D eigenvalue weighted by Gasteiger charge is 2.38. The van der Waals surface area contributed by atoms with E-state index in [-0.39, 0.29) is 36.6 Å². The minimum atomic E-state index is -4.38. The van der Waals surface area contributed by atoms with Crippen molar-refractivity contribution in [1.82, 2.24) is 20.1 Å². The molecule has 0 radical (unpaired) electrons. The van der Waals surface area contributed by atoms with Gasteiger partial charge in [-0.15, -0.1) is 0 Å². The largest absolute Gasteiger partial charge is 0.417 e. The first-order chi connectivity index (χ1) is 14.3. The van der Waals surface area contributed by atoms with Crippen molar-refractivity contribution in [2.75, 3.05) is 32.8 Å². The van der Waals surface area contributed by atoms with Crippen molar-refractivity contribution in [3.05, 3.63) is 29.6 Å². The molecule has 164 valence electrons.